The molecule has 0 bridgehead atoms. The van der Waals surface area contributed by atoms with Crippen LogP contribution in [0, 0.1) is 0 Å². The van der Waals surface area contributed by atoms with E-state index in [1.54, 1.807) is 16.8 Å². The summed E-state index contributed by atoms with van der Waals surface area (Å²) in [6.07, 6.45) is -0.537. The fourth-order valence-electron chi connectivity index (χ4n) is 4.65. The first kappa shape index (κ1) is 15.9. The molecule has 0 unspecified atom stereocenters. The van der Waals surface area contributed by atoms with Gasteiger partial charge in [0.1, 0.15) is 11.3 Å². The average molecular weight is 449 g/mol. The van der Waals surface area contributed by atoms with Gasteiger partial charge in [-0.1, -0.05) is 0 Å². The molecule has 1 fully saturated rings. The largest absolute Gasteiger partial charge is 0.493 e. The number of ether oxygens (including phenoxy) is 3. The third-order valence-corrected chi connectivity index (χ3v) is 6.05. The van der Waals surface area contributed by atoms with Gasteiger partial charge in [0, 0.05) is 46.2 Å². The van der Waals surface area contributed by atoms with Crippen molar-refractivity contribution in [1.29, 1.82) is 0 Å². The second-order valence-electron chi connectivity index (χ2n) is 8.41. The number of rotatable bonds is 7. The summed E-state index contributed by atoms with van der Waals surface area (Å²) in [6.45, 7) is -2.83. The number of aromatic nitrogens is 1. The third kappa shape index (κ3) is 3.67. The van der Waals surface area contributed by atoms with Crippen LogP contribution in [-0.4, -0.2) is 48.6 Å². The molecule has 8 nitrogen and oxygen atoms in total. The van der Waals surface area contributed by atoms with Crippen molar-refractivity contribution in [2.24, 2.45) is 0 Å². The molecule has 32 heavy (non-hydrogen) atoms. The Morgan fingerprint density at radius 2 is 2.09 bits per heavy atom. The minimum absolute atomic E-state index is 0.0714. The zero-order valence-corrected chi connectivity index (χ0v) is 18.4. The lowest BCUT2D eigenvalue weighted by molar-refractivity contribution is 0.0598. The van der Waals surface area contributed by atoms with Crippen molar-refractivity contribution in [2.75, 3.05) is 32.3 Å². The highest BCUT2D eigenvalue weighted by molar-refractivity contribution is 5.89. The van der Waals surface area contributed by atoms with E-state index in [9.17, 15) is 14.7 Å². The summed E-state index contributed by atoms with van der Waals surface area (Å²) in [5.41, 5.74) is 1.05. The molecule has 0 saturated carbocycles. The van der Waals surface area contributed by atoms with Gasteiger partial charge in [-0.05, 0) is 44.4 Å². The van der Waals surface area contributed by atoms with E-state index in [2.05, 4.69) is 0 Å². The van der Waals surface area contributed by atoms with E-state index in [4.69, 9.17) is 22.4 Å². The van der Waals surface area contributed by atoms with Gasteiger partial charge in [-0.15, -0.1) is 0 Å². The smallest absolute Gasteiger partial charge is 0.343 e. The molecule has 1 aromatic carbocycles. The van der Waals surface area contributed by atoms with Gasteiger partial charge in [0.25, 0.3) is 0 Å². The van der Waals surface area contributed by atoms with Crippen molar-refractivity contribution in [3.8, 4) is 17.0 Å². The van der Waals surface area contributed by atoms with Gasteiger partial charge in [-0.3, -0.25) is 14.5 Å². The Labute approximate surface area is 195 Å². The fourth-order valence-corrected chi connectivity index (χ4v) is 4.65. The number of pyridine rings is 1. The van der Waals surface area contributed by atoms with Crippen LogP contribution in [0.1, 0.15) is 68.8 Å². The molecule has 0 aliphatic carbocycles. The number of esters is 1. The summed E-state index contributed by atoms with van der Waals surface area (Å²) in [5, 5.41) is 11.7. The first-order chi connectivity index (χ1) is 17.5. The zero-order valence-electron chi connectivity index (χ0n) is 24.4. The number of carbonyl (C=O) groups excluding carboxylic acids is 1. The maximum atomic E-state index is 12.9. The summed E-state index contributed by atoms with van der Waals surface area (Å²) < 4.78 is 64.1. The van der Waals surface area contributed by atoms with E-state index >= 15 is 0 Å². The van der Waals surface area contributed by atoms with Gasteiger partial charge in [0.15, 0.2) is 5.43 Å². The van der Waals surface area contributed by atoms with Gasteiger partial charge in [0.05, 0.1) is 43.0 Å². The van der Waals surface area contributed by atoms with Crippen LogP contribution in [-0.2, 0) is 16.1 Å². The van der Waals surface area contributed by atoms with Crippen LogP contribution in [0.3, 0.4) is 0 Å². The van der Waals surface area contributed by atoms with E-state index in [1.165, 1.54) is 26.5 Å². The van der Waals surface area contributed by atoms with Crippen molar-refractivity contribution in [2.45, 2.75) is 51.2 Å². The normalized spacial score (nSPS) is 22.2. The van der Waals surface area contributed by atoms with Crippen LogP contribution < -0.4 is 15.2 Å². The fraction of sp³-hybridized carbons (Fsp3) is 0.500. The number of aliphatic hydroxyl groups is 1. The van der Waals surface area contributed by atoms with E-state index in [0.717, 1.165) is 6.42 Å². The van der Waals surface area contributed by atoms with E-state index in [0.29, 0.717) is 28.8 Å². The van der Waals surface area contributed by atoms with Crippen molar-refractivity contribution >= 4 is 5.97 Å². The molecule has 3 heterocycles. The molecule has 1 saturated heterocycles. The van der Waals surface area contributed by atoms with Gasteiger partial charge in [-0.25, -0.2) is 4.79 Å². The molecule has 4 rings (SSSR count). The quantitative estimate of drug-likeness (QED) is 0.652. The molecule has 0 amide bonds. The van der Waals surface area contributed by atoms with Crippen LogP contribution in [0.2, 0.25) is 0 Å². The first-order valence-corrected chi connectivity index (χ1v) is 10.2. The van der Waals surface area contributed by atoms with Crippen molar-refractivity contribution < 1.29 is 32.3 Å². The number of hydrogen-bond acceptors (Lipinski definition) is 7. The summed E-state index contributed by atoms with van der Waals surface area (Å²) in [5.74, 6) is -0.843. The minimum atomic E-state index is -3.53. The Hall–Kier alpha value is -2.84. The monoisotopic (exact) mass is 448 g/mol. The van der Waals surface area contributed by atoms with Crippen molar-refractivity contribution in [1.82, 2.24) is 4.68 Å². The molecule has 0 spiro atoms. The summed E-state index contributed by atoms with van der Waals surface area (Å²) in [4.78, 5) is 25.2. The SMILES string of the molecule is [2H]C([2H])(O)C([2H])([2H])C([2H])([2H])Oc1cc2c(cc1COC)-c1cc(=O)c(C(=O)OC)cn1N1[C@@H]2CCC1(C)C. The molecule has 2 aliphatic rings. The van der Waals surface area contributed by atoms with Crippen molar-refractivity contribution in [3.63, 3.8) is 0 Å². The number of carbonyl (C=O) groups is 1. The molecule has 172 valence electrons. The highest BCUT2D eigenvalue weighted by Gasteiger charge is 2.45. The number of hydrogen-bond donors (Lipinski definition) is 1. The van der Waals surface area contributed by atoms with E-state index in [1.807, 2.05) is 18.9 Å². The Morgan fingerprint density at radius 1 is 1.31 bits per heavy atom. The zero-order chi connectivity index (χ0) is 28.4. The molecule has 1 atom stereocenters. The third-order valence-electron chi connectivity index (χ3n) is 6.05. The average Bonchev–Trinajstić information content (AvgIpc) is 3.13. The topological polar surface area (TPSA) is 90.2 Å². The van der Waals surface area contributed by atoms with Crippen LogP contribution in [0.5, 0.6) is 5.75 Å². The predicted molar refractivity (Wildman–Crippen MR) is 120 cm³/mol. The van der Waals surface area contributed by atoms with E-state index in [-0.39, 0.29) is 24.0 Å². The van der Waals surface area contributed by atoms with Crippen LogP contribution in [0.15, 0.2) is 29.2 Å². The lowest BCUT2D eigenvalue weighted by atomic mass is 9.92. The van der Waals surface area contributed by atoms with Crippen LogP contribution in [0.4, 0.5) is 0 Å². The predicted octanol–water partition coefficient (Wildman–Crippen LogP) is 2.77. The second-order valence-corrected chi connectivity index (χ2v) is 8.41. The minimum Gasteiger partial charge on any atom is -0.493 e. The highest BCUT2D eigenvalue weighted by atomic mass is 16.5. The first-order valence-electron chi connectivity index (χ1n) is 13.2. The maximum Gasteiger partial charge on any atom is 0.343 e. The summed E-state index contributed by atoms with van der Waals surface area (Å²) in [7, 11) is 2.61. The molecule has 8 heteroatoms. The Morgan fingerprint density at radius 3 is 2.78 bits per heavy atom. The second kappa shape index (κ2) is 8.60. The lowest BCUT2D eigenvalue weighted by Gasteiger charge is -2.44. The van der Waals surface area contributed by atoms with Gasteiger partial charge >= 0.3 is 5.97 Å². The van der Waals surface area contributed by atoms with Gasteiger partial charge in [-0.2, -0.15) is 0 Å². The Kier molecular flexibility index (Phi) is 4.27. The molecular weight excluding hydrogens is 412 g/mol. The number of nitrogens with zero attached hydrogens (tertiary/aromatic N) is 2. The van der Waals surface area contributed by atoms with E-state index < -0.39 is 36.4 Å². The Balaban J connectivity index is 1.95. The highest BCUT2D eigenvalue weighted by Crippen LogP contribution is 2.49. The summed E-state index contributed by atoms with van der Waals surface area (Å²) >= 11 is 0. The van der Waals surface area contributed by atoms with Crippen LogP contribution in [0.25, 0.3) is 11.3 Å². The lowest BCUT2D eigenvalue weighted by Crippen LogP contribution is -2.50. The number of fused-ring (bicyclic) bond motifs is 6. The summed E-state index contributed by atoms with van der Waals surface area (Å²) in [6, 6.07) is 4.27. The molecule has 2 aromatic rings. The molecule has 1 aromatic heterocycles. The van der Waals surface area contributed by atoms with Gasteiger partial charge < -0.3 is 19.3 Å². The molecular formula is C24H30N2O6. The van der Waals surface area contributed by atoms with Gasteiger partial charge in [0.2, 0.25) is 0 Å². The molecule has 1 N–H and O–H groups in total. The van der Waals surface area contributed by atoms with Crippen LogP contribution >= 0.6 is 0 Å². The molecule has 0 radical (unpaired) electrons. The number of benzene rings is 1. The maximum absolute atomic E-state index is 12.9. The standard InChI is InChI=1S/C24H30N2O6/c1-24(2)7-6-19-17-11-22(32-9-5-8-27)15(14-30-3)10-16(17)20-12-21(28)18(23(29)31-4)13-25(20)26(19)24/h10-13,19,27H,5-9,14H2,1-4H3/t19-/m1/s1/i5D2,8D2,9D2. The number of methoxy groups -OCH3 is 2. The van der Waals surface area contributed by atoms with Crippen molar-refractivity contribution in [3.05, 3.63) is 51.3 Å². The Bertz CT molecular complexity index is 1340. The molecule has 2 aliphatic heterocycles.